The third-order valence-electron chi connectivity index (χ3n) is 4.74. The van der Waals surface area contributed by atoms with Crippen molar-refractivity contribution in [3.05, 3.63) is 83.9 Å². The van der Waals surface area contributed by atoms with Gasteiger partial charge in [-0.3, -0.25) is 9.69 Å². The van der Waals surface area contributed by atoms with Gasteiger partial charge in [0.1, 0.15) is 11.5 Å². The van der Waals surface area contributed by atoms with E-state index in [1.54, 1.807) is 84.8 Å². The maximum absolute atomic E-state index is 12.5. The van der Waals surface area contributed by atoms with Crippen LogP contribution in [0.2, 0.25) is 0 Å². The zero-order chi connectivity index (χ0) is 24.5. The summed E-state index contributed by atoms with van der Waals surface area (Å²) in [5.41, 5.74) is 2.16. The summed E-state index contributed by atoms with van der Waals surface area (Å²) in [7, 11) is 2.90. The number of esters is 1. The van der Waals surface area contributed by atoms with Gasteiger partial charge in [-0.1, -0.05) is 5.92 Å². The fourth-order valence-electron chi connectivity index (χ4n) is 2.96. The van der Waals surface area contributed by atoms with Gasteiger partial charge in [0.25, 0.3) is 11.1 Å². The van der Waals surface area contributed by atoms with Crippen LogP contribution in [0.5, 0.6) is 11.5 Å². The first kappa shape index (κ1) is 24.3. The van der Waals surface area contributed by atoms with Gasteiger partial charge in [-0.15, -0.1) is 6.42 Å². The number of nitrogens with one attached hydrogen (secondary N) is 1. The molecule has 0 unspecified atom stereocenters. The Balaban J connectivity index is 1.66. The Bertz CT molecular complexity index is 1200. The van der Waals surface area contributed by atoms with Gasteiger partial charge in [-0.25, -0.2) is 4.79 Å². The van der Waals surface area contributed by atoms with Crippen LogP contribution in [0.15, 0.2) is 72.8 Å². The Morgan fingerprint density at radius 2 is 1.50 bits per heavy atom. The normalized spacial score (nSPS) is 9.91. The minimum atomic E-state index is -0.440. The van der Waals surface area contributed by atoms with Gasteiger partial charge in [-0.05, 0) is 85.0 Å². The molecule has 3 rings (SSSR count). The Labute approximate surface area is 203 Å². The van der Waals surface area contributed by atoms with Crippen LogP contribution in [0.1, 0.15) is 20.7 Å². The highest BCUT2D eigenvalue weighted by Crippen LogP contribution is 2.20. The number of carbonyl (C=O) groups excluding carboxylic acids is 2. The van der Waals surface area contributed by atoms with Gasteiger partial charge in [-0.2, -0.15) is 0 Å². The molecule has 0 aliphatic rings. The molecule has 8 heteroatoms. The lowest BCUT2D eigenvalue weighted by Gasteiger charge is -2.22. The summed E-state index contributed by atoms with van der Waals surface area (Å²) in [5, 5.41) is 2.94. The number of nitrogens with zero attached hydrogens (tertiary/aromatic N) is 1. The Kier molecular flexibility index (Phi) is 8.21. The van der Waals surface area contributed by atoms with Crippen molar-refractivity contribution in [2.75, 3.05) is 31.0 Å². The van der Waals surface area contributed by atoms with Crippen molar-refractivity contribution in [3.63, 3.8) is 0 Å². The van der Waals surface area contributed by atoms with Gasteiger partial charge >= 0.3 is 5.97 Å². The Morgan fingerprint density at radius 1 is 0.912 bits per heavy atom. The molecule has 0 aromatic heterocycles. The Hall–Kier alpha value is -4.35. The lowest BCUT2D eigenvalue weighted by molar-refractivity contribution is 0.0600. The molecule has 34 heavy (non-hydrogen) atoms. The van der Waals surface area contributed by atoms with E-state index in [0.29, 0.717) is 34.0 Å². The largest absolute Gasteiger partial charge is 0.497 e. The van der Waals surface area contributed by atoms with E-state index in [9.17, 15) is 9.59 Å². The molecule has 1 amide bonds. The van der Waals surface area contributed by atoms with Crippen LogP contribution in [-0.2, 0) is 4.74 Å². The van der Waals surface area contributed by atoms with Crippen LogP contribution in [-0.4, -0.2) is 37.8 Å². The molecule has 0 atom stereocenters. The molecule has 0 saturated carbocycles. The summed E-state index contributed by atoms with van der Waals surface area (Å²) in [5.74, 6) is 2.98. The SMILES string of the molecule is C#CCN(C(=S)Oc1ccc(C(=O)Nc2ccc(OC)cc2)cc1)c1ccc(C(=O)OC)cc1. The van der Waals surface area contributed by atoms with Crippen LogP contribution >= 0.6 is 12.2 Å². The molecular weight excluding hydrogens is 452 g/mol. The van der Waals surface area contributed by atoms with E-state index in [1.807, 2.05) is 0 Å². The van der Waals surface area contributed by atoms with Gasteiger partial charge in [0.05, 0.1) is 26.3 Å². The lowest BCUT2D eigenvalue weighted by atomic mass is 10.2. The topological polar surface area (TPSA) is 77.1 Å². The number of benzene rings is 3. The molecule has 0 aliphatic carbocycles. The molecule has 0 aliphatic heterocycles. The van der Waals surface area contributed by atoms with Crippen LogP contribution in [0.4, 0.5) is 11.4 Å². The monoisotopic (exact) mass is 474 g/mol. The number of thiocarbonyl (C=S) groups is 1. The predicted molar refractivity (Wildman–Crippen MR) is 135 cm³/mol. The summed E-state index contributed by atoms with van der Waals surface area (Å²) in [6.45, 7) is 0.165. The molecule has 172 valence electrons. The van der Waals surface area contributed by atoms with Crippen LogP contribution in [0, 0.1) is 12.3 Å². The van der Waals surface area contributed by atoms with E-state index in [2.05, 4.69) is 11.2 Å². The maximum Gasteiger partial charge on any atom is 0.337 e. The smallest absolute Gasteiger partial charge is 0.337 e. The molecule has 0 saturated heterocycles. The number of hydrogen-bond acceptors (Lipinski definition) is 6. The Morgan fingerprint density at radius 3 is 2.06 bits per heavy atom. The molecule has 3 aromatic carbocycles. The average Bonchev–Trinajstić information content (AvgIpc) is 2.87. The van der Waals surface area contributed by atoms with Crippen LogP contribution in [0.3, 0.4) is 0 Å². The molecule has 0 bridgehead atoms. The number of carbonyl (C=O) groups is 2. The van der Waals surface area contributed by atoms with Crippen molar-refractivity contribution in [1.29, 1.82) is 0 Å². The number of methoxy groups -OCH3 is 2. The zero-order valence-electron chi connectivity index (χ0n) is 18.6. The molecule has 7 nitrogen and oxygen atoms in total. The second-order valence-corrected chi connectivity index (χ2v) is 7.25. The number of amides is 1. The molecule has 3 aromatic rings. The van der Waals surface area contributed by atoms with E-state index < -0.39 is 5.97 Å². The number of terminal acetylenes is 1. The lowest BCUT2D eigenvalue weighted by Crippen LogP contribution is -2.33. The summed E-state index contributed by atoms with van der Waals surface area (Å²) < 4.78 is 15.6. The maximum atomic E-state index is 12.5. The number of hydrogen-bond donors (Lipinski definition) is 1. The molecule has 0 heterocycles. The van der Waals surface area contributed by atoms with E-state index in [1.165, 1.54) is 7.11 Å². The molecule has 0 spiro atoms. The highest BCUT2D eigenvalue weighted by atomic mass is 32.1. The second kappa shape index (κ2) is 11.5. The van der Waals surface area contributed by atoms with Gasteiger partial charge in [0, 0.05) is 16.9 Å². The first-order valence-electron chi connectivity index (χ1n) is 10.1. The molecule has 0 fully saturated rings. The van der Waals surface area contributed by atoms with Crippen molar-refractivity contribution in [3.8, 4) is 23.8 Å². The van der Waals surface area contributed by atoms with Crippen molar-refractivity contribution >= 4 is 40.6 Å². The standard InChI is InChI=1S/C26H22N2O5S/c1-4-17-28(21-11-5-19(6-12-21)25(30)32-3)26(34)33-23-13-7-18(8-14-23)24(29)27-20-9-15-22(31-2)16-10-20/h1,5-16H,17H2,2-3H3,(H,27,29). The fourth-order valence-corrected chi connectivity index (χ4v) is 3.22. The fraction of sp³-hybridized carbons (Fsp3) is 0.115. The quantitative estimate of drug-likeness (QED) is 0.306. The van der Waals surface area contributed by atoms with Crippen LogP contribution in [0.25, 0.3) is 0 Å². The first-order chi connectivity index (χ1) is 16.4. The van der Waals surface area contributed by atoms with Crippen molar-refractivity contribution in [1.82, 2.24) is 0 Å². The predicted octanol–water partition coefficient (Wildman–Crippen LogP) is 4.54. The highest BCUT2D eigenvalue weighted by molar-refractivity contribution is 7.80. The van der Waals surface area contributed by atoms with Gasteiger partial charge in [0.2, 0.25) is 0 Å². The van der Waals surface area contributed by atoms with Crippen molar-refractivity contribution in [2.45, 2.75) is 0 Å². The molecular formula is C26H22N2O5S. The van der Waals surface area contributed by atoms with E-state index >= 15 is 0 Å². The summed E-state index contributed by atoms with van der Waals surface area (Å²) in [6.07, 6.45) is 5.50. The summed E-state index contributed by atoms with van der Waals surface area (Å²) in [6, 6.07) is 20.2. The first-order valence-corrected chi connectivity index (χ1v) is 10.5. The summed E-state index contributed by atoms with van der Waals surface area (Å²) in [4.78, 5) is 25.8. The van der Waals surface area contributed by atoms with E-state index in [-0.39, 0.29) is 17.6 Å². The van der Waals surface area contributed by atoms with Gasteiger partial charge < -0.3 is 19.5 Å². The van der Waals surface area contributed by atoms with Crippen LogP contribution < -0.4 is 19.7 Å². The number of anilines is 2. The molecule has 0 radical (unpaired) electrons. The molecule has 1 N–H and O–H groups in total. The van der Waals surface area contributed by atoms with Gasteiger partial charge in [0.15, 0.2) is 0 Å². The minimum Gasteiger partial charge on any atom is -0.497 e. The van der Waals surface area contributed by atoms with E-state index in [4.69, 9.17) is 32.9 Å². The minimum absolute atomic E-state index is 0.124. The average molecular weight is 475 g/mol. The highest BCUT2D eigenvalue weighted by Gasteiger charge is 2.15. The number of ether oxygens (including phenoxy) is 3. The summed E-state index contributed by atoms with van der Waals surface area (Å²) >= 11 is 5.43. The van der Waals surface area contributed by atoms with Crippen molar-refractivity contribution in [2.24, 2.45) is 0 Å². The number of rotatable bonds is 7. The second-order valence-electron chi connectivity index (χ2n) is 6.90. The third-order valence-corrected chi connectivity index (χ3v) is 5.04. The van der Waals surface area contributed by atoms with E-state index in [0.717, 1.165) is 0 Å². The third kappa shape index (κ3) is 6.12. The zero-order valence-corrected chi connectivity index (χ0v) is 19.4. The van der Waals surface area contributed by atoms with Crippen molar-refractivity contribution < 1.29 is 23.8 Å².